The van der Waals surface area contributed by atoms with Crippen LogP contribution in [-0.4, -0.2) is 25.5 Å². The molecule has 2 rings (SSSR count). The molecule has 2 aromatic rings. The first-order valence-electron chi connectivity index (χ1n) is 8.95. The molecule has 1 atom stereocenters. The largest absolute Gasteiger partial charge is 0.497 e. The van der Waals surface area contributed by atoms with E-state index in [-0.39, 0.29) is 18.9 Å². The second kappa shape index (κ2) is 10.2. The van der Waals surface area contributed by atoms with Gasteiger partial charge in [0.1, 0.15) is 11.5 Å². The highest BCUT2D eigenvalue weighted by molar-refractivity contribution is 5.83. The molecule has 0 aliphatic rings. The predicted molar refractivity (Wildman–Crippen MR) is 104 cm³/mol. The third kappa shape index (κ3) is 6.33. The van der Waals surface area contributed by atoms with E-state index in [1.807, 2.05) is 24.3 Å². The van der Waals surface area contributed by atoms with E-state index in [1.54, 1.807) is 31.4 Å². The molecule has 144 valence electrons. The standard InChI is InChI=1S/C21H26N2O4/c1-4-15(2)18-7-5-6-8-19(18)27-14-21(25)23-22-20(24)13-16-9-11-17(26-3)12-10-16/h5-12,15H,4,13-14H2,1-3H3,(H,22,24)(H,23,25). The summed E-state index contributed by atoms with van der Waals surface area (Å²) in [5, 5.41) is 0. The fourth-order valence-electron chi connectivity index (χ4n) is 2.53. The lowest BCUT2D eigenvalue weighted by Crippen LogP contribution is -2.44. The molecule has 1 unspecified atom stereocenters. The molecule has 2 N–H and O–H groups in total. The van der Waals surface area contributed by atoms with Crippen LogP contribution in [0.1, 0.15) is 37.3 Å². The van der Waals surface area contributed by atoms with E-state index in [4.69, 9.17) is 9.47 Å². The van der Waals surface area contributed by atoms with Crippen molar-refractivity contribution in [2.75, 3.05) is 13.7 Å². The Labute approximate surface area is 159 Å². The molecule has 0 spiro atoms. The number of methoxy groups -OCH3 is 1. The van der Waals surface area contributed by atoms with Gasteiger partial charge < -0.3 is 9.47 Å². The summed E-state index contributed by atoms with van der Waals surface area (Å²) in [6.07, 6.45) is 1.13. The van der Waals surface area contributed by atoms with Gasteiger partial charge in [-0.05, 0) is 41.7 Å². The van der Waals surface area contributed by atoms with Crippen LogP contribution in [0.25, 0.3) is 0 Å². The van der Waals surface area contributed by atoms with E-state index in [0.29, 0.717) is 11.7 Å². The minimum absolute atomic E-state index is 0.155. The Bertz CT molecular complexity index is 759. The first-order valence-corrected chi connectivity index (χ1v) is 8.95. The second-order valence-corrected chi connectivity index (χ2v) is 6.26. The molecule has 27 heavy (non-hydrogen) atoms. The molecule has 0 saturated heterocycles. The van der Waals surface area contributed by atoms with E-state index >= 15 is 0 Å². The monoisotopic (exact) mass is 370 g/mol. The lowest BCUT2D eigenvalue weighted by Gasteiger charge is -2.15. The number of amides is 2. The van der Waals surface area contributed by atoms with Gasteiger partial charge in [-0.25, -0.2) is 0 Å². The average Bonchev–Trinajstić information content (AvgIpc) is 2.71. The van der Waals surface area contributed by atoms with Crippen molar-refractivity contribution >= 4 is 11.8 Å². The van der Waals surface area contributed by atoms with Crippen LogP contribution in [0.5, 0.6) is 11.5 Å². The Morgan fingerprint density at radius 2 is 1.67 bits per heavy atom. The van der Waals surface area contributed by atoms with Crippen LogP contribution in [0.4, 0.5) is 0 Å². The van der Waals surface area contributed by atoms with Crippen molar-refractivity contribution in [2.45, 2.75) is 32.6 Å². The number of para-hydroxylation sites is 1. The highest BCUT2D eigenvalue weighted by Gasteiger charge is 2.11. The van der Waals surface area contributed by atoms with Crippen molar-refractivity contribution in [1.29, 1.82) is 0 Å². The van der Waals surface area contributed by atoms with Crippen molar-refractivity contribution in [3.8, 4) is 11.5 Å². The molecule has 0 aromatic heterocycles. The van der Waals surface area contributed by atoms with Crippen LogP contribution in [0, 0.1) is 0 Å². The molecule has 0 bridgehead atoms. The lowest BCUT2D eigenvalue weighted by atomic mass is 9.98. The summed E-state index contributed by atoms with van der Waals surface area (Å²) < 4.78 is 10.7. The first-order chi connectivity index (χ1) is 13.0. The molecule has 0 radical (unpaired) electrons. The second-order valence-electron chi connectivity index (χ2n) is 6.26. The number of hydrogen-bond donors (Lipinski definition) is 2. The van der Waals surface area contributed by atoms with Crippen LogP contribution in [-0.2, 0) is 16.0 Å². The Morgan fingerprint density at radius 3 is 2.33 bits per heavy atom. The summed E-state index contributed by atoms with van der Waals surface area (Å²) in [6, 6.07) is 14.8. The third-order valence-electron chi connectivity index (χ3n) is 4.29. The zero-order valence-electron chi connectivity index (χ0n) is 16.0. The molecule has 0 saturated carbocycles. The molecule has 6 heteroatoms. The summed E-state index contributed by atoms with van der Waals surface area (Å²) in [6.45, 7) is 4.05. The molecule has 2 amide bonds. The number of carbonyl (C=O) groups excluding carboxylic acids is 2. The van der Waals surface area contributed by atoms with Gasteiger partial charge in [-0.15, -0.1) is 0 Å². The maximum absolute atomic E-state index is 11.9. The van der Waals surface area contributed by atoms with E-state index < -0.39 is 5.91 Å². The Balaban J connectivity index is 1.78. The Kier molecular flexibility index (Phi) is 7.67. The fourth-order valence-corrected chi connectivity index (χ4v) is 2.53. The van der Waals surface area contributed by atoms with Gasteiger partial charge in [0, 0.05) is 0 Å². The van der Waals surface area contributed by atoms with Crippen molar-refractivity contribution in [1.82, 2.24) is 10.9 Å². The van der Waals surface area contributed by atoms with Gasteiger partial charge in [0.25, 0.3) is 5.91 Å². The molecule has 2 aromatic carbocycles. The lowest BCUT2D eigenvalue weighted by molar-refractivity contribution is -0.129. The number of nitrogens with one attached hydrogen (secondary N) is 2. The number of hydrogen-bond acceptors (Lipinski definition) is 4. The van der Waals surface area contributed by atoms with Crippen LogP contribution in [0.15, 0.2) is 48.5 Å². The number of ether oxygens (including phenoxy) is 2. The first kappa shape index (κ1) is 20.3. The molecule has 0 fully saturated rings. The summed E-state index contributed by atoms with van der Waals surface area (Å²) >= 11 is 0. The predicted octanol–water partition coefficient (Wildman–Crippen LogP) is 2.98. The smallest absolute Gasteiger partial charge is 0.276 e. The Hall–Kier alpha value is -3.02. The zero-order valence-corrected chi connectivity index (χ0v) is 16.0. The average molecular weight is 370 g/mol. The van der Waals surface area contributed by atoms with E-state index in [1.165, 1.54) is 0 Å². The number of hydrazine groups is 1. The summed E-state index contributed by atoms with van der Waals surface area (Å²) in [5.74, 6) is 1.02. The number of rotatable bonds is 8. The summed E-state index contributed by atoms with van der Waals surface area (Å²) in [4.78, 5) is 23.9. The maximum Gasteiger partial charge on any atom is 0.276 e. The summed E-state index contributed by atoms with van der Waals surface area (Å²) in [7, 11) is 1.58. The van der Waals surface area contributed by atoms with Gasteiger partial charge in [0.05, 0.1) is 13.5 Å². The molecular formula is C21H26N2O4. The van der Waals surface area contributed by atoms with Crippen LogP contribution in [0.3, 0.4) is 0 Å². The van der Waals surface area contributed by atoms with E-state index in [2.05, 4.69) is 24.7 Å². The minimum Gasteiger partial charge on any atom is -0.497 e. The summed E-state index contributed by atoms with van der Waals surface area (Å²) in [5.41, 5.74) is 6.65. The Morgan fingerprint density at radius 1 is 1.00 bits per heavy atom. The van der Waals surface area contributed by atoms with Gasteiger partial charge in [0.15, 0.2) is 6.61 Å². The van der Waals surface area contributed by atoms with Crippen molar-refractivity contribution < 1.29 is 19.1 Å². The molecule has 6 nitrogen and oxygen atoms in total. The van der Waals surface area contributed by atoms with Gasteiger partial charge >= 0.3 is 0 Å². The van der Waals surface area contributed by atoms with Crippen LogP contribution in [0.2, 0.25) is 0 Å². The highest BCUT2D eigenvalue weighted by Crippen LogP contribution is 2.28. The molecule has 0 aliphatic heterocycles. The quantitative estimate of drug-likeness (QED) is 0.701. The van der Waals surface area contributed by atoms with Gasteiger partial charge in [-0.3, -0.25) is 20.4 Å². The van der Waals surface area contributed by atoms with Crippen LogP contribution < -0.4 is 20.3 Å². The third-order valence-corrected chi connectivity index (χ3v) is 4.29. The van der Waals surface area contributed by atoms with Gasteiger partial charge in [-0.1, -0.05) is 44.2 Å². The van der Waals surface area contributed by atoms with Crippen LogP contribution >= 0.6 is 0 Å². The normalized spacial score (nSPS) is 11.4. The topological polar surface area (TPSA) is 76.7 Å². The molecule has 0 heterocycles. The zero-order chi connectivity index (χ0) is 19.6. The van der Waals surface area contributed by atoms with E-state index in [9.17, 15) is 9.59 Å². The molecule has 0 aliphatic carbocycles. The number of benzene rings is 2. The SMILES string of the molecule is CCC(C)c1ccccc1OCC(=O)NNC(=O)Cc1ccc(OC)cc1. The van der Waals surface area contributed by atoms with Gasteiger partial charge in [0.2, 0.25) is 5.91 Å². The maximum atomic E-state index is 11.9. The number of carbonyl (C=O) groups is 2. The van der Waals surface area contributed by atoms with Crippen molar-refractivity contribution in [3.63, 3.8) is 0 Å². The van der Waals surface area contributed by atoms with Crippen molar-refractivity contribution in [3.05, 3.63) is 59.7 Å². The highest BCUT2D eigenvalue weighted by atomic mass is 16.5. The van der Waals surface area contributed by atoms with Crippen molar-refractivity contribution in [2.24, 2.45) is 0 Å². The van der Waals surface area contributed by atoms with Gasteiger partial charge in [-0.2, -0.15) is 0 Å². The van der Waals surface area contributed by atoms with E-state index in [0.717, 1.165) is 23.3 Å². The minimum atomic E-state index is -0.419. The fraction of sp³-hybridized carbons (Fsp3) is 0.333. The molecular weight excluding hydrogens is 344 g/mol.